The number of unbranched alkanes of at least 4 members (excludes halogenated alkanes) is 2. The summed E-state index contributed by atoms with van der Waals surface area (Å²) in [6.45, 7) is 4.72. The van der Waals surface area contributed by atoms with E-state index in [1.54, 1.807) is 0 Å². The molecule has 2 atom stereocenters. The predicted molar refractivity (Wildman–Crippen MR) is 197 cm³/mol. The van der Waals surface area contributed by atoms with Gasteiger partial charge in [-0.1, -0.05) is 111 Å². The largest absolute Gasteiger partial charge is 0.465 e. The van der Waals surface area contributed by atoms with E-state index in [9.17, 15) is 19.8 Å². The number of ether oxygens (including phenoxy) is 2. The molecule has 0 radical (unpaired) electrons. The molecule has 6 heteroatoms. The summed E-state index contributed by atoms with van der Waals surface area (Å²) < 4.78 is 11.5. The highest BCUT2D eigenvalue weighted by Crippen LogP contribution is 2.59. The molecule has 2 aliphatic carbocycles. The molecule has 0 heterocycles. The van der Waals surface area contributed by atoms with Crippen LogP contribution in [0.15, 0.2) is 97.1 Å². The molecule has 0 saturated carbocycles. The van der Waals surface area contributed by atoms with Gasteiger partial charge in [0.25, 0.3) is 0 Å². The second-order valence-electron chi connectivity index (χ2n) is 14.3. The van der Waals surface area contributed by atoms with Gasteiger partial charge in [-0.05, 0) is 95.9 Å². The van der Waals surface area contributed by atoms with Gasteiger partial charge in [-0.3, -0.25) is 9.59 Å². The Labute approximate surface area is 296 Å². The van der Waals surface area contributed by atoms with E-state index in [-0.39, 0.29) is 37.0 Å². The monoisotopic (exact) mass is 674 g/mol. The quantitative estimate of drug-likeness (QED) is 0.0864. The number of hydrogen-bond acceptors (Lipinski definition) is 6. The minimum absolute atomic E-state index is 0.0812. The third-order valence-corrected chi connectivity index (χ3v) is 11.0. The maximum Gasteiger partial charge on any atom is 0.308 e. The van der Waals surface area contributed by atoms with Crippen molar-refractivity contribution in [2.75, 3.05) is 26.4 Å². The fourth-order valence-corrected chi connectivity index (χ4v) is 8.71. The van der Waals surface area contributed by atoms with Crippen LogP contribution in [0.25, 0.3) is 22.3 Å². The van der Waals surface area contributed by atoms with E-state index in [0.717, 1.165) is 12.8 Å². The van der Waals surface area contributed by atoms with Crippen LogP contribution in [0.4, 0.5) is 0 Å². The van der Waals surface area contributed by atoms with Crippen LogP contribution in [0.2, 0.25) is 0 Å². The molecule has 2 N–H and O–H groups in total. The van der Waals surface area contributed by atoms with Gasteiger partial charge in [0.1, 0.15) is 0 Å². The average molecular weight is 675 g/mol. The topological polar surface area (TPSA) is 93.1 Å². The molecule has 4 aromatic carbocycles. The number of rotatable bonds is 17. The number of esters is 2. The summed E-state index contributed by atoms with van der Waals surface area (Å²) in [6, 6.07) is 34.4. The van der Waals surface area contributed by atoms with Crippen LogP contribution in [0, 0.1) is 11.8 Å². The number of aliphatic hydroxyl groups is 2. The first-order valence-electron chi connectivity index (χ1n) is 18.3. The SMILES string of the molecule is CC(CC1(CCC2(CC(C)C(=O)OCCCCO)c3ccccc3-c3ccccc32)c2ccccc2-c2ccccc21)C(=O)OCCCCO. The first-order chi connectivity index (χ1) is 24.4. The number of fused-ring (bicyclic) bond motifs is 6. The lowest BCUT2D eigenvalue weighted by Crippen LogP contribution is -2.36. The molecule has 0 fully saturated rings. The van der Waals surface area contributed by atoms with E-state index in [4.69, 9.17) is 9.47 Å². The van der Waals surface area contributed by atoms with Crippen LogP contribution in [0.5, 0.6) is 0 Å². The van der Waals surface area contributed by atoms with Crippen molar-refractivity contribution < 1.29 is 29.3 Å². The second-order valence-corrected chi connectivity index (χ2v) is 14.3. The Morgan fingerprint density at radius 2 is 0.820 bits per heavy atom. The standard InChI is InChI=1S/C44H50O6/c1-31(41(47)49-27-13-11-25-45)29-43(37-19-7-3-15-33(37)34-16-4-8-20-38(34)43)23-24-44(30-32(2)42(48)50-28-14-12-26-46)39-21-9-5-17-35(39)36-18-6-10-22-40(36)44/h3-10,15-22,31-32,45-46H,11-14,23-30H2,1-2H3. The zero-order valence-electron chi connectivity index (χ0n) is 29.4. The van der Waals surface area contributed by atoms with Gasteiger partial charge >= 0.3 is 11.9 Å². The van der Waals surface area contributed by atoms with Crippen molar-refractivity contribution >= 4 is 11.9 Å². The van der Waals surface area contributed by atoms with Crippen molar-refractivity contribution in [2.45, 2.75) is 76.0 Å². The third kappa shape index (κ3) is 6.76. The number of hydrogen-bond donors (Lipinski definition) is 2. The Bertz CT molecular complexity index is 1570. The normalized spacial score (nSPS) is 15.7. The molecule has 6 rings (SSSR count). The highest BCUT2D eigenvalue weighted by molar-refractivity contribution is 5.84. The predicted octanol–water partition coefficient (Wildman–Crippen LogP) is 8.38. The summed E-state index contributed by atoms with van der Waals surface area (Å²) in [6.07, 6.45) is 5.15. The van der Waals surface area contributed by atoms with Crippen LogP contribution in [0.1, 0.15) is 87.5 Å². The molecule has 4 aromatic rings. The Morgan fingerprint density at radius 1 is 0.520 bits per heavy atom. The van der Waals surface area contributed by atoms with Crippen LogP contribution in [0.3, 0.4) is 0 Å². The number of benzene rings is 4. The van der Waals surface area contributed by atoms with Crippen molar-refractivity contribution in [3.8, 4) is 22.3 Å². The summed E-state index contributed by atoms with van der Waals surface area (Å²) in [5.74, 6) is -1.16. The van der Waals surface area contributed by atoms with E-state index in [1.165, 1.54) is 44.5 Å². The van der Waals surface area contributed by atoms with E-state index in [2.05, 4.69) is 97.1 Å². The zero-order valence-corrected chi connectivity index (χ0v) is 29.4. The van der Waals surface area contributed by atoms with E-state index < -0.39 is 10.8 Å². The van der Waals surface area contributed by atoms with Crippen molar-refractivity contribution in [2.24, 2.45) is 11.8 Å². The molecule has 0 spiro atoms. The number of aliphatic hydroxyl groups excluding tert-OH is 2. The molecule has 6 nitrogen and oxygen atoms in total. The Hall–Kier alpha value is -4.26. The molecule has 50 heavy (non-hydrogen) atoms. The van der Waals surface area contributed by atoms with E-state index in [1.807, 2.05) is 13.8 Å². The lowest BCUT2D eigenvalue weighted by atomic mass is 9.62. The number of carbonyl (C=O) groups excluding carboxylic acids is 2. The van der Waals surface area contributed by atoms with Crippen molar-refractivity contribution in [1.82, 2.24) is 0 Å². The summed E-state index contributed by atoms with van der Waals surface area (Å²) in [5, 5.41) is 18.4. The highest BCUT2D eigenvalue weighted by atomic mass is 16.5. The van der Waals surface area contributed by atoms with Gasteiger partial charge in [0.2, 0.25) is 0 Å². The Balaban J connectivity index is 1.41. The fourth-order valence-electron chi connectivity index (χ4n) is 8.71. The van der Waals surface area contributed by atoms with Gasteiger partial charge < -0.3 is 19.7 Å². The van der Waals surface area contributed by atoms with Crippen molar-refractivity contribution in [1.29, 1.82) is 0 Å². The molecular formula is C44H50O6. The second kappa shape index (κ2) is 15.7. The van der Waals surface area contributed by atoms with Crippen LogP contribution < -0.4 is 0 Å². The fraction of sp³-hybridized carbons (Fsp3) is 0.409. The van der Waals surface area contributed by atoms with Gasteiger partial charge in [0.15, 0.2) is 0 Å². The molecule has 0 aromatic heterocycles. The zero-order chi connectivity index (χ0) is 35.1. The van der Waals surface area contributed by atoms with Crippen molar-refractivity contribution in [3.63, 3.8) is 0 Å². The molecule has 0 aliphatic heterocycles. The highest BCUT2D eigenvalue weighted by Gasteiger charge is 2.50. The van der Waals surface area contributed by atoms with E-state index in [0.29, 0.717) is 51.7 Å². The maximum atomic E-state index is 13.5. The van der Waals surface area contributed by atoms with Crippen molar-refractivity contribution in [3.05, 3.63) is 119 Å². The lowest BCUT2D eigenvalue weighted by molar-refractivity contribution is -0.149. The van der Waals surface area contributed by atoms with Gasteiger partial charge in [-0.15, -0.1) is 0 Å². The van der Waals surface area contributed by atoms with Gasteiger partial charge in [-0.2, -0.15) is 0 Å². The van der Waals surface area contributed by atoms with Gasteiger partial charge in [0.05, 0.1) is 25.0 Å². The molecule has 262 valence electrons. The summed E-state index contributed by atoms with van der Waals surface area (Å²) in [7, 11) is 0. The molecule has 2 unspecified atom stereocenters. The molecular weight excluding hydrogens is 624 g/mol. The smallest absolute Gasteiger partial charge is 0.308 e. The summed E-state index contributed by atoms with van der Waals surface area (Å²) >= 11 is 0. The van der Waals surface area contributed by atoms with Crippen LogP contribution in [-0.2, 0) is 29.9 Å². The van der Waals surface area contributed by atoms with Gasteiger partial charge in [0, 0.05) is 24.0 Å². The van der Waals surface area contributed by atoms with Crippen LogP contribution >= 0.6 is 0 Å². The molecule has 0 bridgehead atoms. The van der Waals surface area contributed by atoms with Crippen LogP contribution in [-0.4, -0.2) is 48.6 Å². The Kier molecular flexibility index (Phi) is 11.2. The average Bonchev–Trinajstić information content (AvgIpc) is 3.58. The summed E-state index contributed by atoms with van der Waals surface area (Å²) in [5.41, 5.74) is 8.79. The lowest BCUT2D eigenvalue weighted by Gasteiger charge is -2.40. The van der Waals surface area contributed by atoms with E-state index >= 15 is 0 Å². The maximum absolute atomic E-state index is 13.5. The Morgan fingerprint density at radius 3 is 1.12 bits per heavy atom. The first kappa shape index (κ1) is 35.6. The minimum Gasteiger partial charge on any atom is -0.465 e. The number of carbonyl (C=O) groups is 2. The summed E-state index contributed by atoms with van der Waals surface area (Å²) in [4.78, 5) is 27.0. The molecule has 2 aliphatic rings. The molecule has 0 amide bonds. The third-order valence-electron chi connectivity index (χ3n) is 11.0. The minimum atomic E-state index is -0.468. The van der Waals surface area contributed by atoms with Gasteiger partial charge in [-0.25, -0.2) is 0 Å². The molecule has 0 saturated heterocycles. The first-order valence-corrected chi connectivity index (χ1v) is 18.3.